The maximum Gasteiger partial charge on any atom is 0.243 e. The fraction of sp³-hybridized carbons (Fsp3) is 0.533. The zero-order valence-corrected chi connectivity index (χ0v) is 15.0. The van der Waals surface area contributed by atoms with Gasteiger partial charge in [0.1, 0.15) is 5.75 Å². The van der Waals surface area contributed by atoms with Crippen molar-refractivity contribution in [2.24, 2.45) is 0 Å². The Morgan fingerprint density at radius 3 is 2.43 bits per heavy atom. The number of sulfonamides is 1. The lowest BCUT2D eigenvalue weighted by Crippen LogP contribution is -2.46. The Labute approximate surface area is 141 Å². The molecule has 0 unspecified atom stereocenters. The van der Waals surface area contributed by atoms with Crippen LogP contribution in [0.15, 0.2) is 29.2 Å². The van der Waals surface area contributed by atoms with Gasteiger partial charge in [-0.15, -0.1) is 0 Å². The molecule has 1 aliphatic rings. The molecule has 0 bridgehead atoms. The number of hydrogen-bond acceptors (Lipinski definition) is 5. The van der Waals surface area contributed by atoms with E-state index in [1.54, 1.807) is 31.4 Å². The van der Waals surface area contributed by atoms with Crippen molar-refractivity contribution in [3.05, 3.63) is 24.3 Å². The van der Waals surface area contributed by atoms with Crippen LogP contribution >= 0.6 is 11.8 Å². The van der Waals surface area contributed by atoms with Crippen LogP contribution in [0.4, 0.5) is 0 Å². The van der Waals surface area contributed by atoms with Crippen LogP contribution in [0, 0.1) is 0 Å². The molecule has 1 aliphatic heterocycles. The Kier molecular flexibility index (Phi) is 6.32. The molecule has 6 nitrogen and oxygen atoms in total. The van der Waals surface area contributed by atoms with Crippen LogP contribution < -0.4 is 10.1 Å². The van der Waals surface area contributed by atoms with E-state index in [0.29, 0.717) is 37.4 Å². The molecule has 0 spiro atoms. The van der Waals surface area contributed by atoms with Gasteiger partial charge in [0, 0.05) is 19.1 Å². The molecule has 0 radical (unpaired) electrons. The SMILES string of the molecule is COc1ccc(S(=O)(=O)N2CCC(NC(=O)CSC)CC2)cc1. The lowest BCUT2D eigenvalue weighted by molar-refractivity contribution is -0.119. The molecule has 0 atom stereocenters. The van der Waals surface area contributed by atoms with Crippen molar-refractivity contribution in [3.8, 4) is 5.75 Å². The Balaban J connectivity index is 1.96. The fourth-order valence-electron chi connectivity index (χ4n) is 2.54. The predicted octanol–water partition coefficient (Wildman–Crippen LogP) is 1.33. The molecule has 1 N–H and O–H groups in total. The third-order valence-electron chi connectivity index (χ3n) is 3.79. The van der Waals surface area contributed by atoms with Crippen molar-refractivity contribution in [1.82, 2.24) is 9.62 Å². The van der Waals surface area contributed by atoms with Gasteiger partial charge in [0.15, 0.2) is 0 Å². The third kappa shape index (κ3) is 4.62. The van der Waals surface area contributed by atoms with Crippen LogP contribution in [-0.2, 0) is 14.8 Å². The van der Waals surface area contributed by atoms with Crippen LogP contribution in [0.2, 0.25) is 0 Å². The number of ether oxygens (including phenoxy) is 1. The number of nitrogens with zero attached hydrogens (tertiary/aromatic N) is 1. The first-order chi connectivity index (χ1) is 11.0. The standard InChI is InChI=1S/C15H22N2O4S2/c1-21-13-3-5-14(6-4-13)23(19,20)17-9-7-12(8-10-17)16-15(18)11-22-2/h3-6,12H,7-11H2,1-2H3,(H,16,18). The summed E-state index contributed by atoms with van der Waals surface area (Å²) in [4.78, 5) is 11.9. The monoisotopic (exact) mass is 358 g/mol. The topological polar surface area (TPSA) is 75.7 Å². The van der Waals surface area contributed by atoms with Gasteiger partial charge in [-0.2, -0.15) is 16.1 Å². The zero-order valence-electron chi connectivity index (χ0n) is 13.3. The summed E-state index contributed by atoms with van der Waals surface area (Å²) in [5, 5.41) is 2.95. The second-order valence-electron chi connectivity index (χ2n) is 5.35. The highest BCUT2D eigenvalue weighted by Gasteiger charge is 2.29. The van der Waals surface area contributed by atoms with E-state index < -0.39 is 10.0 Å². The Hall–Kier alpha value is -1.25. The Morgan fingerprint density at radius 2 is 1.91 bits per heavy atom. The zero-order chi connectivity index (χ0) is 16.9. The number of carbonyl (C=O) groups excluding carboxylic acids is 1. The minimum Gasteiger partial charge on any atom is -0.497 e. The molecule has 0 saturated carbocycles. The van der Waals surface area contributed by atoms with Gasteiger partial charge in [-0.25, -0.2) is 8.42 Å². The predicted molar refractivity (Wildman–Crippen MR) is 91.3 cm³/mol. The van der Waals surface area contributed by atoms with Crippen molar-refractivity contribution in [2.75, 3.05) is 32.2 Å². The lowest BCUT2D eigenvalue weighted by atomic mass is 10.1. The smallest absolute Gasteiger partial charge is 0.243 e. The van der Waals surface area contributed by atoms with E-state index in [-0.39, 0.29) is 16.8 Å². The van der Waals surface area contributed by atoms with Crippen molar-refractivity contribution in [1.29, 1.82) is 0 Å². The van der Waals surface area contributed by atoms with Gasteiger partial charge in [0.25, 0.3) is 0 Å². The van der Waals surface area contributed by atoms with Gasteiger partial charge in [0.05, 0.1) is 17.8 Å². The first kappa shape index (κ1) is 18.1. The highest BCUT2D eigenvalue weighted by atomic mass is 32.2. The molecule has 1 aromatic rings. The molecular formula is C15H22N2O4S2. The van der Waals surface area contributed by atoms with Gasteiger partial charge in [-0.3, -0.25) is 4.79 Å². The summed E-state index contributed by atoms with van der Waals surface area (Å²) >= 11 is 1.47. The number of rotatable bonds is 6. The summed E-state index contributed by atoms with van der Waals surface area (Å²) in [6, 6.07) is 6.45. The summed E-state index contributed by atoms with van der Waals surface area (Å²) in [6.45, 7) is 0.831. The van der Waals surface area contributed by atoms with Crippen molar-refractivity contribution < 1.29 is 17.9 Å². The van der Waals surface area contributed by atoms with Crippen LogP contribution in [0.5, 0.6) is 5.75 Å². The molecule has 1 saturated heterocycles. The number of amides is 1. The van der Waals surface area contributed by atoms with Crippen LogP contribution in [0.1, 0.15) is 12.8 Å². The number of benzene rings is 1. The average Bonchev–Trinajstić information content (AvgIpc) is 2.55. The molecule has 2 rings (SSSR count). The van der Waals surface area contributed by atoms with Crippen molar-refractivity contribution in [2.45, 2.75) is 23.8 Å². The quantitative estimate of drug-likeness (QED) is 0.830. The van der Waals surface area contributed by atoms with Gasteiger partial charge in [-0.1, -0.05) is 0 Å². The molecule has 1 amide bonds. The summed E-state index contributed by atoms with van der Waals surface area (Å²) < 4.78 is 31.8. The summed E-state index contributed by atoms with van der Waals surface area (Å²) in [7, 11) is -1.95. The molecule has 128 valence electrons. The van der Waals surface area contributed by atoms with E-state index in [1.165, 1.54) is 16.1 Å². The second kappa shape index (κ2) is 8.03. The van der Waals surface area contributed by atoms with E-state index in [2.05, 4.69) is 5.32 Å². The highest BCUT2D eigenvalue weighted by Crippen LogP contribution is 2.22. The number of nitrogens with one attached hydrogen (secondary N) is 1. The first-order valence-corrected chi connectivity index (χ1v) is 10.2. The summed E-state index contributed by atoms with van der Waals surface area (Å²) in [5.41, 5.74) is 0. The van der Waals surface area contributed by atoms with Gasteiger partial charge < -0.3 is 10.1 Å². The average molecular weight is 358 g/mol. The van der Waals surface area contributed by atoms with Gasteiger partial charge in [0.2, 0.25) is 15.9 Å². The second-order valence-corrected chi connectivity index (χ2v) is 8.16. The van der Waals surface area contributed by atoms with E-state index in [4.69, 9.17) is 4.74 Å². The summed E-state index contributed by atoms with van der Waals surface area (Å²) in [5.74, 6) is 1.07. The van der Waals surface area contributed by atoms with E-state index in [9.17, 15) is 13.2 Å². The van der Waals surface area contributed by atoms with E-state index in [1.807, 2.05) is 6.26 Å². The molecule has 0 aromatic heterocycles. The van der Waals surface area contributed by atoms with Crippen LogP contribution in [-0.4, -0.2) is 56.9 Å². The van der Waals surface area contributed by atoms with Crippen molar-refractivity contribution >= 4 is 27.7 Å². The maximum absolute atomic E-state index is 12.6. The fourth-order valence-corrected chi connectivity index (χ4v) is 4.35. The number of piperidine rings is 1. The lowest BCUT2D eigenvalue weighted by Gasteiger charge is -2.31. The number of thioether (sulfide) groups is 1. The molecule has 1 fully saturated rings. The van der Waals surface area contributed by atoms with E-state index >= 15 is 0 Å². The number of methoxy groups -OCH3 is 1. The highest BCUT2D eigenvalue weighted by molar-refractivity contribution is 7.99. The minimum atomic E-state index is -3.49. The Morgan fingerprint density at radius 1 is 1.30 bits per heavy atom. The summed E-state index contributed by atoms with van der Waals surface area (Å²) in [6.07, 6.45) is 3.15. The molecule has 0 aliphatic carbocycles. The van der Waals surface area contributed by atoms with Gasteiger partial charge in [-0.05, 0) is 43.4 Å². The first-order valence-electron chi connectivity index (χ1n) is 7.40. The number of carbonyl (C=O) groups is 1. The number of hydrogen-bond donors (Lipinski definition) is 1. The maximum atomic E-state index is 12.6. The van der Waals surface area contributed by atoms with Gasteiger partial charge >= 0.3 is 0 Å². The minimum absolute atomic E-state index is 0.00830. The van der Waals surface area contributed by atoms with Crippen LogP contribution in [0.25, 0.3) is 0 Å². The molecule has 8 heteroatoms. The normalized spacial score (nSPS) is 17.0. The molecule has 1 aromatic carbocycles. The molecule has 23 heavy (non-hydrogen) atoms. The Bertz CT molecular complexity index is 623. The van der Waals surface area contributed by atoms with E-state index in [0.717, 1.165) is 0 Å². The molecule has 1 heterocycles. The largest absolute Gasteiger partial charge is 0.497 e. The van der Waals surface area contributed by atoms with Crippen molar-refractivity contribution in [3.63, 3.8) is 0 Å². The van der Waals surface area contributed by atoms with Crippen LogP contribution in [0.3, 0.4) is 0 Å². The molecular weight excluding hydrogens is 336 g/mol. The third-order valence-corrected chi connectivity index (χ3v) is 6.26.